The summed E-state index contributed by atoms with van der Waals surface area (Å²) >= 11 is 0. The number of urea groups is 1. The molecule has 1 aliphatic heterocycles. The van der Waals surface area contributed by atoms with Gasteiger partial charge in [0.15, 0.2) is 0 Å². The molecule has 1 saturated carbocycles. The first-order chi connectivity index (χ1) is 10.8. The first-order valence-corrected chi connectivity index (χ1v) is 8.65. The van der Waals surface area contributed by atoms with Crippen LogP contribution in [0.3, 0.4) is 0 Å². The molecule has 4 heteroatoms. The molecule has 0 bridgehead atoms. The van der Waals surface area contributed by atoms with Gasteiger partial charge in [0, 0.05) is 37.9 Å². The molecule has 2 fully saturated rings. The number of nitrogens with one attached hydrogen (secondary N) is 1. The van der Waals surface area contributed by atoms with E-state index in [2.05, 4.69) is 29.3 Å². The molecule has 1 aliphatic carbocycles. The van der Waals surface area contributed by atoms with Crippen molar-refractivity contribution in [2.24, 2.45) is 0 Å². The van der Waals surface area contributed by atoms with Crippen molar-refractivity contribution < 1.29 is 4.79 Å². The molecule has 120 valence electrons. The van der Waals surface area contributed by atoms with Crippen molar-refractivity contribution in [1.29, 1.82) is 0 Å². The van der Waals surface area contributed by atoms with Gasteiger partial charge in [-0.25, -0.2) is 4.79 Å². The Morgan fingerprint density at radius 1 is 1.18 bits per heavy atom. The van der Waals surface area contributed by atoms with Crippen LogP contribution in [-0.2, 0) is 6.42 Å². The monoisotopic (exact) mass is 301 g/mol. The lowest BCUT2D eigenvalue weighted by Gasteiger charge is -2.38. The Kier molecular flexibility index (Phi) is 4.98. The molecule has 0 atom stereocenters. The second-order valence-electron chi connectivity index (χ2n) is 6.45. The van der Waals surface area contributed by atoms with E-state index in [9.17, 15) is 4.79 Å². The molecule has 0 spiro atoms. The molecule has 2 amide bonds. The number of nitrogens with zero attached hydrogens (tertiary/aromatic N) is 2. The van der Waals surface area contributed by atoms with E-state index in [1.54, 1.807) is 0 Å². The van der Waals surface area contributed by atoms with Gasteiger partial charge in [0.2, 0.25) is 0 Å². The molecule has 2 aliphatic rings. The zero-order chi connectivity index (χ0) is 15.4. The van der Waals surface area contributed by atoms with Gasteiger partial charge >= 0.3 is 6.03 Å². The van der Waals surface area contributed by atoms with E-state index < -0.39 is 0 Å². The van der Waals surface area contributed by atoms with Gasteiger partial charge in [0.05, 0.1) is 0 Å². The maximum Gasteiger partial charge on any atom is 0.321 e. The lowest BCUT2D eigenvalue weighted by atomic mass is 10.1. The summed E-state index contributed by atoms with van der Waals surface area (Å²) in [6.45, 7) is 5.86. The van der Waals surface area contributed by atoms with Gasteiger partial charge in [0.25, 0.3) is 0 Å². The fourth-order valence-electron chi connectivity index (χ4n) is 3.63. The molecule has 1 aromatic rings. The van der Waals surface area contributed by atoms with Crippen LogP contribution >= 0.6 is 0 Å². The van der Waals surface area contributed by atoms with Crippen LogP contribution in [0.2, 0.25) is 0 Å². The van der Waals surface area contributed by atoms with Crippen LogP contribution in [-0.4, -0.2) is 48.1 Å². The van der Waals surface area contributed by atoms with Gasteiger partial charge in [0.1, 0.15) is 0 Å². The smallest absolute Gasteiger partial charge is 0.321 e. The average molecular weight is 301 g/mol. The highest BCUT2D eigenvalue weighted by Gasteiger charge is 2.27. The van der Waals surface area contributed by atoms with E-state index in [0.29, 0.717) is 0 Å². The van der Waals surface area contributed by atoms with Crippen molar-refractivity contribution in [3.8, 4) is 0 Å². The molecule has 22 heavy (non-hydrogen) atoms. The highest BCUT2D eigenvalue weighted by Crippen LogP contribution is 2.24. The second kappa shape index (κ2) is 7.14. The minimum Gasteiger partial charge on any atom is -0.322 e. The minimum atomic E-state index is 0.0410. The highest BCUT2D eigenvalue weighted by atomic mass is 16.2. The lowest BCUT2D eigenvalue weighted by Crippen LogP contribution is -2.52. The zero-order valence-electron chi connectivity index (χ0n) is 13.6. The van der Waals surface area contributed by atoms with Crippen LogP contribution in [0.15, 0.2) is 24.3 Å². The third-order valence-corrected chi connectivity index (χ3v) is 5.03. The standard InChI is InChI=1S/C18H27N3O/c1-2-15-6-5-7-16(14-15)19-18(22)21-12-10-20(11-13-21)17-8-3-4-9-17/h5-7,14,17H,2-4,8-13H2,1H3,(H,19,22). The Balaban J connectivity index is 1.51. The number of hydrogen-bond acceptors (Lipinski definition) is 2. The number of carbonyl (C=O) groups excluding carboxylic acids is 1. The van der Waals surface area contributed by atoms with E-state index in [0.717, 1.165) is 44.3 Å². The number of piperazine rings is 1. The van der Waals surface area contributed by atoms with Gasteiger partial charge in [-0.2, -0.15) is 0 Å². The van der Waals surface area contributed by atoms with E-state index in [1.807, 2.05) is 17.0 Å². The van der Waals surface area contributed by atoms with Crippen molar-refractivity contribution >= 4 is 11.7 Å². The first-order valence-electron chi connectivity index (χ1n) is 8.65. The molecule has 1 heterocycles. The molecular formula is C18H27N3O. The molecule has 1 N–H and O–H groups in total. The van der Waals surface area contributed by atoms with Crippen molar-refractivity contribution in [2.45, 2.75) is 45.1 Å². The average Bonchev–Trinajstić information content (AvgIpc) is 3.09. The fourth-order valence-corrected chi connectivity index (χ4v) is 3.63. The van der Waals surface area contributed by atoms with Crippen molar-refractivity contribution in [2.75, 3.05) is 31.5 Å². The lowest BCUT2D eigenvalue weighted by molar-refractivity contribution is 0.115. The minimum absolute atomic E-state index is 0.0410. The van der Waals surface area contributed by atoms with E-state index in [4.69, 9.17) is 0 Å². The van der Waals surface area contributed by atoms with Crippen molar-refractivity contribution in [3.05, 3.63) is 29.8 Å². The van der Waals surface area contributed by atoms with Crippen LogP contribution in [0.4, 0.5) is 10.5 Å². The normalized spacial score (nSPS) is 20.3. The number of benzene rings is 1. The highest BCUT2D eigenvalue weighted by molar-refractivity contribution is 5.89. The first kappa shape index (κ1) is 15.3. The number of amides is 2. The van der Waals surface area contributed by atoms with Gasteiger partial charge in [-0.3, -0.25) is 4.90 Å². The summed E-state index contributed by atoms with van der Waals surface area (Å²) in [5, 5.41) is 3.04. The Morgan fingerprint density at radius 2 is 1.91 bits per heavy atom. The molecule has 0 radical (unpaired) electrons. The SMILES string of the molecule is CCc1cccc(NC(=O)N2CCN(C3CCCC3)CC2)c1. The van der Waals surface area contributed by atoms with E-state index in [-0.39, 0.29) is 6.03 Å². The van der Waals surface area contributed by atoms with Crippen molar-refractivity contribution in [3.63, 3.8) is 0 Å². The number of anilines is 1. The Bertz CT molecular complexity index is 503. The largest absolute Gasteiger partial charge is 0.322 e. The second-order valence-corrected chi connectivity index (χ2v) is 6.45. The van der Waals surface area contributed by atoms with Gasteiger partial charge in [-0.1, -0.05) is 31.9 Å². The quantitative estimate of drug-likeness (QED) is 0.929. The predicted molar refractivity (Wildman–Crippen MR) is 90.2 cm³/mol. The Morgan fingerprint density at radius 3 is 2.59 bits per heavy atom. The Hall–Kier alpha value is -1.55. The summed E-state index contributed by atoms with van der Waals surface area (Å²) in [6, 6.07) is 8.94. The number of hydrogen-bond donors (Lipinski definition) is 1. The summed E-state index contributed by atoms with van der Waals surface area (Å²) in [6.07, 6.45) is 6.42. The third-order valence-electron chi connectivity index (χ3n) is 5.03. The molecule has 0 unspecified atom stereocenters. The summed E-state index contributed by atoms with van der Waals surface area (Å²) in [4.78, 5) is 16.9. The molecule has 4 nitrogen and oxygen atoms in total. The number of carbonyl (C=O) groups is 1. The topological polar surface area (TPSA) is 35.6 Å². The summed E-state index contributed by atoms with van der Waals surface area (Å²) in [5.74, 6) is 0. The van der Waals surface area contributed by atoms with Crippen LogP contribution < -0.4 is 5.32 Å². The van der Waals surface area contributed by atoms with Gasteiger partial charge < -0.3 is 10.2 Å². The van der Waals surface area contributed by atoms with E-state index in [1.165, 1.54) is 31.2 Å². The molecule has 1 aromatic carbocycles. The van der Waals surface area contributed by atoms with Gasteiger partial charge in [-0.15, -0.1) is 0 Å². The maximum atomic E-state index is 12.4. The van der Waals surface area contributed by atoms with Crippen molar-refractivity contribution in [1.82, 2.24) is 9.80 Å². The molecule has 3 rings (SSSR count). The fraction of sp³-hybridized carbons (Fsp3) is 0.611. The zero-order valence-corrected chi connectivity index (χ0v) is 13.6. The summed E-state index contributed by atoms with van der Waals surface area (Å²) in [7, 11) is 0. The number of rotatable bonds is 3. The van der Waals surface area contributed by atoms with Gasteiger partial charge in [-0.05, 0) is 37.0 Å². The van der Waals surface area contributed by atoms with Crippen LogP contribution in [0.25, 0.3) is 0 Å². The van der Waals surface area contributed by atoms with E-state index >= 15 is 0 Å². The van der Waals surface area contributed by atoms with Crippen LogP contribution in [0, 0.1) is 0 Å². The molecule has 0 aromatic heterocycles. The molecular weight excluding hydrogens is 274 g/mol. The number of aryl methyl sites for hydroxylation is 1. The molecule has 1 saturated heterocycles. The van der Waals surface area contributed by atoms with Crippen LogP contribution in [0.5, 0.6) is 0 Å². The summed E-state index contributed by atoms with van der Waals surface area (Å²) < 4.78 is 0. The predicted octanol–water partition coefficient (Wildman–Crippen LogP) is 3.34. The van der Waals surface area contributed by atoms with Crippen LogP contribution in [0.1, 0.15) is 38.2 Å². The maximum absolute atomic E-state index is 12.4. The third kappa shape index (κ3) is 3.61. The summed E-state index contributed by atoms with van der Waals surface area (Å²) in [5.41, 5.74) is 2.16. The Labute approximate surface area is 133 Å².